The van der Waals surface area contributed by atoms with E-state index in [2.05, 4.69) is 9.97 Å². The van der Waals surface area contributed by atoms with Crippen molar-refractivity contribution in [2.75, 3.05) is 0 Å². The molecule has 2 aromatic carbocycles. The number of aromatic nitrogens is 2. The topological polar surface area (TPSA) is 106 Å². The monoisotopic (exact) mass is 344 g/mol. The van der Waals surface area contributed by atoms with Crippen molar-refractivity contribution in [3.63, 3.8) is 0 Å². The molecular weight excluding hydrogens is 332 g/mol. The van der Waals surface area contributed by atoms with Crippen molar-refractivity contribution < 1.29 is 21.8 Å². The minimum Gasteiger partial charge on any atom is -0.441 e. The van der Waals surface area contributed by atoms with E-state index in [4.69, 9.17) is 8.83 Å². The minimum atomic E-state index is -4.41. The Morgan fingerprint density at radius 2 is 1.67 bits per heavy atom. The van der Waals surface area contributed by atoms with Gasteiger partial charge in [0.25, 0.3) is 10.1 Å². The van der Waals surface area contributed by atoms with Gasteiger partial charge in [0.2, 0.25) is 5.89 Å². The quantitative estimate of drug-likeness (QED) is 0.555. The number of benzene rings is 2. The van der Waals surface area contributed by atoms with Gasteiger partial charge in [-0.25, -0.2) is 9.97 Å². The Bertz CT molecular complexity index is 1150. The maximum Gasteiger partial charge on any atom is 0.295 e. The summed E-state index contributed by atoms with van der Waals surface area (Å²) >= 11 is 0. The highest BCUT2D eigenvalue weighted by molar-refractivity contribution is 7.86. The highest BCUT2D eigenvalue weighted by Crippen LogP contribution is 2.32. The third-order valence-electron chi connectivity index (χ3n) is 3.65. The Morgan fingerprint density at radius 3 is 2.42 bits per heavy atom. The van der Waals surface area contributed by atoms with E-state index in [-0.39, 0.29) is 16.3 Å². The minimum absolute atomic E-state index is 0.0991. The van der Waals surface area contributed by atoms with E-state index in [0.29, 0.717) is 33.7 Å². The van der Waals surface area contributed by atoms with Crippen LogP contribution in [-0.4, -0.2) is 22.9 Å². The van der Waals surface area contributed by atoms with Gasteiger partial charge in [0.15, 0.2) is 17.1 Å². The van der Waals surface area contributed by atoms with Gasteiger partial charge >= 0.3 is 0 Å². The summed E-state index contributed by atoms with van der Waals surface area (Å²) < 4.78 is 43.9. The summed E-state index contributed by atoms with van der Waals surface area (Å²) in [5, 5.41) is 0. The molecule has 7 nitrogen and oxygen atoms in total. The van der Waals surface area contributed by atoms with Gasteiger partial charge < -0.3 is 8.83 Å². The molecule has 4 rings (SSSR count). The van der Waals surface area contributed by atoms with Crippen LogP contribution < -0.4 is 0 Å². The van der Waals surface area contributed by atoms with Gasteiger partial charge in [0.05, 0.1) is 5.56 Å². The molecule has 0 fully saturated rings. The first-order valence-corrected chi connectivity index (χ1v) is 8.51. The van der Waals surface area contributed by atoms with Crippen LogP contribution in [0.3, 0.4) is 0 Å². The van der Waals surface area contributed by atoms with Gasteiger partial charge in [-0.1, -0.05) is 6.07 Å². The second-order valence-electron chi connectivity index (χ2n) is 5.51. The predicted octanol–water partition coefficient (Wildman–Crippen LogP) is 3.50. The molecular formula is C16H12N2O5S. The highest BCUT2D eigenvalue weighted by atomic mass is 32.2. The number of fused-ring (bicyclic) bond motifs is 2. The Kier molecular flexibility index (Phi) is 3.03. The summed E-state index contributed by atoms with van der Waals surface area (Å²) in [6.07, 6.45) is 0. The molecule has 0 aliphatic rings. The van der Waals surface area contributed by atoms with Crippen LogP contribution in [0.15, 0.2) is 44.1 Å². The van der Waals surface area contributed by atoms with Crippen LogP contribution in [0.4, 0.5) is 0 Å². The summed E-state index contributed by atoms with van der Waals surface area (Å²) in [6.45, 7) is 3.47. The molecule has 2 heterocycles. The Labute approximate surface area is 136 Å². The van der Waals surface area contributed by atoms with E-state index < -0.39 is 10.1 Å². The SMILES string of the molecule is Cc1ccc(-c2nc3cc4nc(C)oc4cc3o2)c(S(=O)(=O)O)c1. The van der Waals surface area contributed by atoms with Crippen LogP contribution in [0.5, 0.6) is 0 Å². The largest absolute Gasteiger partial charge is 0.441 e. The third-order valence-corrected chi connectivity index (χ3v) is 4.54. The number of aryl methyl sites for hydroxylation is 2. The molecule has 2 aromatic heterocycles. The summed E-state index contributed by atoms with van der Waals surface area (Å²) in [5.74, 6) is 0.632. The zero-order chi connectivity index (χ0) is 17.1. The summed E-state index contributed by atoms with van der Waals surface area (Å²) in [4.78, 5) is 8.31. The average molecular weight is 344 g/mol. The molecule has 24 heavy (non-hydrogen) atoms. The molecule has 0 atom stereocenters. The Morgan fingerprint density at radius 1 is 0.958 bits per heavy atom. The zero-order valence-electron chi connectivity index (χ0n) is 12.8. The molecule has 0 aliphatic carbocycles. The van der Waals surface area contributed by atoms with Gasteiger partial charge in [0.1, 0.15) is 15.9 Å². The number of hydrogen-bond donors (Lipinski definition) is 1. The molecule has 0 unspecified atom stereocenters. The lowest BCUT2D eigenvalue weighted by Gasteiger charge is -2.04. The van der Waals surface area contributed by atoms with E-state index in [9.17, 15) is 13.0 Å². The fourth-order valence-corrected chi connectivity index (χ4v) is 3.37. The molecule has 1 N–H and O–H groups in total. The summed E-state index contributed by atoms with van der Waals surface area (Å²) in [5.41, 5.74) is 3.04. The first-order valence-electron chi connectivity index (χ1n) is 7.07. The van der Waals surface area contributed by atoms with Gasteiger partial charge in [0, 0.05) is 13.0 Å². The van der Waals surface area contributed by atoms with Crippen molar-refractivity contribution in [1.82, 2.24) is 9.97 Å². The van der Waals surface area contributed by atoms with Crippen molar-refractivity contribution >= 4 is 32.3 Å². The Balaban J connectivity index is 1.97. The fraction of sp³-hybridized carbons (Fsp3) is 0.125. The van der Waals surface area contributed by atoms with E-state index in [1.807, 2.05) is 0 Å². The maximum absolute atomic E-state index is 11.6. The second-order valence-corrected chi connectivity index (χ2v) is 6.90. The predicted molar refractivity (Wildman–Crippen MR) is 86.3 cm³/mol. The van der Waals surface area contributed by atoms with Crippen LogP contribution in [0.1, 0.15) is 11.5 Å². The van der Waals surface area contributed by atoms with E-state index in [1.165, 1.54) is 6.07 Å². The highest BCUT2D eigenvalue weighted by Gasteiger charge is 2.21. The molecule has 122 valence electrons. The first kappa shape index (κ1) is 14.9. The second kappa shape index (κ2) is 4.89. The van der Waals surface area contributed by atoms with Crippen LogP contribution >= 0.6 is 0 Å². The summed E-state index contributed by atoms with van der Waals surface area (Å²) in [7, 11) is -4.41. The van der Waals surface area contributed by atoms with E-state index in [0.717, 1.165) is 0 Å². The van der Waals surface area contributed by atoms with Crippen LogP contribution in [0.2, 0.25) is 0 Å². The van der Waals surface area contributed by atoms with Crippen molar-refractivity contribution in [2.45, 2.75) is 18.7 Å². The molecule has 0 bridgehead atoms. The van der Waals surface area contributed by atoms with Crippen molar-refractivity contribution in [3.05, 3.63) is 41.8 Å². The van der Waals surface area contributed by atoms with E-state index >= 15 is 0 Å². The first-order chi connectivity index (χ1) is 11.3. The van der Waals surface area contributed by atoms with Crippen LogP contribution in [-0.2, 0) is 10.1 Å². The maximum atomic E-state index is 11.6. The molecule has 0 saturated carbocycles. The summed E-state index contributed by atoms with van der Waals surface area (Å²) in [6, 6.07) is 8.00. The molecule has 8 heteroatoms. The Hall–Kier alpha value is -2.71. The lowest BCUT2D eigenvalue weighted by atomic mass is 10.1. The van der Waals surface area contributed by atoms with Crippen molar-refractivity contribution in [2.24, 2.45) is 0 Å². The lowest BCUT2D eigenvalue weighted by Crippen LogP contribution is -2.01. The van der Waals surface area contributed by atoms with Crippen LogP contribution in [0, 0.1) is 13.8 Å². The molecule has 0 saturated heterocycles. The van der Waals surface area contributed by atoms with Gasteiger partial charge in [-0.2, -0.15) is 8.42 Å². The van der Waals surface area contributed by atoms with Gasteiger partial charge in [-0.15, -0.1) is 0 Å². The molecule has 4 aromatic rings. The van der Waals surface area contributed by atoms with Crippen molar-refractivity contribution in [3.8, 4) is 11.5 Å². The van der Waals surface area contributed by atoms with Gasteiger partial charge in [-0.3, -0.25) is 4.55 Å². The molecule has 0 radical (unpaired) electrons. The lowest BCUT2D eigenvalue weighted by molar-refractivity contribution is 0.482. The zero-order valence-corrected chi connectivity index (χ0v) is 13.6. The number of nitrogens with zero attached hydrogens (tertiary/aromatic N) is 2. The molecule has 0 spiro atoms. The van der Waals surface area contributed by atoms with Crippen molar-refractivity contribution in [1.29, 1.82) is 0 Å². The standard InChI is InChI=1S/C16H12N2O5S/c1-8-3-4-10(15(5-8)24(19,20)21)16-18-12-6-11-13(7-14(12)23-16)22-9(2)17-11/h3-7H,1-2H3,(H,19,20,21). The third kappa shape index (κ3) is 2.36. The average Bonchev–Trinajstić information content (AvgIpc) is 3.04. The smallest absolute Gasteiger partial charge is 0.295 e. The van der Waals surface area contributed by atoms with Crippen LogP contribution in [0.25, 0.3) is 33.7 Å². The van der Waals surface area contributed by atoms with E-state index in [1.54, 1.807) is 38.1 Å². The fourth-order valence-electron chi connectivity index (χ4n) is 2.60. The molecule has 0 amide bonds. The number of rotatable bonds is 2. The number of hydrogen-bond acceptors (Lipinski definition) is 6. The van der Waals surface area contributed by atoms with Gasteiger partial charge in [-0.05, 0) is 30.7 Å². The molecule has 0 aliphatic heterocycles. The number of oxazole rings is 2. The normalized spacial score (nSPS) is 12.3.